The molecule has 29 heavy (non-hydrogen) atoms. The molecular weight excluding hydrogens is 389 g/mol. The van der Waals surface area contributed by atoms with Crippen LogP contribution >= 0.6 is 0 Å². The molecule has 1 atom stereocenters. The lowest BCUT2D eigenvalue weighted by Crippen LogP contribution is -2.54. The first-order valence-corrected chi connectivity index (χ1v) is 9.10. The molecule has 0 aliphatic carbocycles. The number of nitrogens with zero attached hydrogens (tertiary/aromatic N) is 3. The molecule has 0 radical (unpaired) electrons. The molecule has 1 saturated heterocycles. The second-order valence-electron chi connectivity index (χ2n) is 6.87. The monoisotopic (exact) mass is 410 g/mol. The van der Waals surface area contributed by atoms with Gasteiger partial charge in [0.1, 0.15) is 0 Å². The first-order chi connectivity index (χ1) is 13.7. The summed E-state index contributed by atoms with van der Waals surface area (Å²) in [6.07, 6.45) is -4.60. The summed E-state index contributed by atoms with van der Waals surface area (Å²) in [5, 5.41) is 6.32. The van der Waals surface area contributed by atoms with E-state index in [0.717, 1.165) is 6.07 Å². The van der Waals surface area contributed by atoms with Gasteiger partial charge < -0.3 is 9.42 Å². The molecule has 1 aromatic carbocycles. The van der Waals surface area contributed by atoms with Crippen molar-refractivity contribution in [2.75, 3.05) is 31.5 Å². The van der Waals surface area contributed by atoms with Crippen molar-refractivity contribution in [1.82, 2.24) is 15.0 Å². The van der Waals surface area contributed by atoms with Crippen molar-refractivity contribution in [2.24, 2.45) is 0 Å². The average molecular weight is 410 g/mol. The molecular formula is C19H21F3N4O3. The Morgan fingerprint density at radius 2 is 1.83 bits per heavy atom. The van der Waals surface area contributed by atoms with Gasteiger partial charge in [-0.15, -0.1) is 0 Å². The van der Waals surface area contributed by atoms with E-state index in [9.17, 15) is 22.8 Å². The number of hydrogen-bond acceptors (Lipinski definition) is 5. The van der Waals surface area contributed by atoms with Crippen LogP contribution in [0.3, 0.4) is 0 Å². The summed E-state index contributed by atoms with van der Waals surface area (Å²) in [4.78, 5) is 28.2. The lowest BCUT2D eigenvalue weighted by Gasteiger charge is -2.37. The molecule has 2 aromatic rings. The number of amides is 2. The number of hydrogen-bond donors (Lipinski definition) is 1. The Labute approximate surface area is 165 Å². The first kappa shape index (κ1) is 20.8. The first-order valence-electron chi connectivity index (χ1n) is 9.10. The summed E-state index contributed by atoms with van der Waals surface area (Å²) in [7, 11) is 0. The van der Waals surface area contributed by atoms with Crippen molar-refractivity contribution in [3.05, 3.63) is 47.2 Å². The highest BCUT2D eigenvalue weighted by Gasteiger charge is 2.36. The largest absolute Gasteiger partial charge is 0.417 e. The van der Waals surface area contributed by atoms with E-state index < -0.39 is 23.7 Å². The number of aryl methyl sites for hydroxylation is 1. The van der Waals surface area contributed by atoms with Crippen LogP contribution in [-0.4, -0.2) is 59.0 Å². The van der Waals surface area contributed by atoms with Gasteiger partial charge in [-0.05, 0) is 26.0 Å². The fraction of sp³-hybridized carbons (Fsp3) is 0.421. The highest BCUT2D eigenvalue weighted by Crippen LogP contribution is 2.32. The molecule has 0 bridgehead atoms. The zero-order valence-electron chi connectivity index (χ0n) is 16.0. The summed E-state index contributed by atoms with van der Waals surface area (Å²) in [5.74, 6) is -0.702. The molecule has 1 aromatic heterocycles. The highest BCUT2D eigenvalue weighted by atomic mass is 19.4. The normalized spacial score (nSPS) is 16.5. The molecule has 3 rings (SSSR count). The van der Waals surface area contributed by atoms with Crippen molar-refractivity contribution < 1.29 is 27.3 Å². The molecule has 7 nitrogen and oxygen atoms in total. The number of anilines is 1. The van der Waals surface area contributed by atoms with Gasteiger partial charge >= 0.3 is 6.18 Å². The Bertz CT molecular complexity index is 889. The number of halogens is 3. The number of aromatic nitrogens is 1. The van der Waals surface area contributed by atoms with Gasteiger partial charge in [0.15, 0.2) is 0 Å². The Kier molecular flexibility index (Phi) is 5.92. The lowest BCUT2D eigenvalue weighted by atomic mass is 10.1. The van der Waals surface area contributed by atoms with Gasteiger partial charge in [-0.25, -0.2) is 0 Å². The molecule has 2 heterocycles. The van der Waals surface area contributed by atoms with Gasteiger partial charge in [0, 0.05) is 32.2 Å². The second kappa shape index (κ2) is 8.24. The van der Waals surface area contributed by atoms with Crippen LogP contribution in [0.15, 0.2) is 34.9 Å². The van der Waals surface area contributed by atoms with Crippen LogP contribution in [0.25, 0.3) is 0 Å². The van der Waals surface area contributed by atoms with Gasteiger partial charge in [0.2, 0.25) is 11.8 Å². The van der Waals surface area contributed by atoms with Gasteiger partial charge in [0.05, 0.1) is 22.9 Å². The van der Waals surface area contributed by atoms with Crippen molar-refractivity contribution >= 4 is 17.7 Å². The zero-order chi connectivity index (χ0) is 21.2. The minimum absolute atomic E-state index is 0.226. The quantitative estimate of drug-likeness (QED) is 0.839. The Morgan fingerprint density at radius 3 is 2.41 bits per heavy atom. The topological polar surface area (TPSA) is 78.7 Å². The van der Waals surface area contributed by atoms with Crippen molar-refractivity contribution in [2.45, 2.75) is 26.1 Å². The summed E-state index contributed by atoms with van der Waals surface area (Å²) >= 11 is 0. The minimum Gasteiger partial charge on any atom is -0.338 e. The van der Waals surface area contributed by atoms with Crippen molar-refractivity contribution in [3.8, 4) is 0 Å². The molecule has 10 heteroatoms. The Balaban J connectivity index is 1.60. The molecule has 1 unspecified atom stereocenters. The summed E-state index contributed by atoms with van der Waals surface area (Å²) < 4.78 is 44.5. The number of nitrogens with one attached hydrogen (secondary N) is 1. The van der Waals surface area contributed by atoms with Gasteiger partial charge in [-0.3, -0.25) is 19.8 Å². The second-order valence-corrected chi connectivity index (χ2v) is 6.87. The SMILES string of the molecule is Cc1cc(NC(=O)C(C)N2CCN(C(=O)c3ccccc3C(F)(F)F)CC2)on1. The van der Waals surface area contributed by atoms with E-state index >= 15 is 0 Å². The number of carbonyl (C=O) groups excluding carboxylic acids is 2. The molecule has 0 saturated carbocycles. The van der Waals surface area contributed by atoms with E-state index in [0.29, 0.717) is 18.8 Å². The number of benzene rings is 1. The number of piperazine rings is 1. The van der Waals surface area contributed by atoms with E-state index in [4.69, 9.17) is 4.52 Å². The Morgan fingerprint density at radius 1 is 1.17 bits per heavy atom. The average Bonchev–Trinajstić information content (AvgIpc) is 3.11. The molecule has 2 amide bonds. The predicted molar refractivity (Wildman–Crippen MR) is 98.3 cm³/mol. The lowest BCUT2D eigenvalue weighted by molar-refractivity contribution is -0.138. The van der Waals surface area contributed by atoms with Crippen molar-refractivity contribution in [1.29, 1.82) is 0 Å². The van der Waals surface area contributed by atoms with Gasteiger partial charge in [-0.1, -0.05) is 17.3 Å². The predicted octanol–water partition coefficient (Wildman–Crippen LogP) is 2.79. The van der Waals surface area contributed by atoms with E-state index in [2.05, 4.69) is 10.5 Å². The maximum atomic E-state index is 13.2. The maximum absolute atomic E-state index is 13.2. The van der Waals surface area contributed by atoms with Crippen LogP contribution in [0.1, 0.15) is 28.5 Å². The third-order valence-electron chi connectivity index (χ3n) is 4.87. The van der Waals surface area contributed by atoms with Gasteiger partial charge in [-0.2, -0.15) is 13.2 Å². The van der Waals surface area contributed by atoms with Gasteiger partial charge in [0.25, 0.3) is 5.91 Å². The molecule has 156 valence electrons. The molecule has 1 fully saturated rings. The number of rotatable bonds is 4. The molecule has 0 spiro atoms. The highest BCUT2D eigenvalue weighted by molar-refractivity contribution is 5.96. The molecule has 1 N–H and O–H groups in total. The van der Waals surface area contributed by atoms with E-state index in [1.54, 1.807) is 19.9 Å². The van der Waals surface area contributed by atoms with E-state index in [1.807, 2.05) is 4.90 Å². The van der Waals surface area contributed by atoms with Crippen molar-refractivity contribution in [3.63, 3.8) is 0 Å². The summed E-state index contributed by atoms with van der Waals surface area (Å²) in [5.41, 5.74) is -0.665. The van der Waals surface area contributed by atoms with Crippen LogP contribution in [-0.2, 0) is 11.0 Å². The van der Waals surface area contributed by atoms with Crippen LogP contribution in [0.2, 0.25) is 0 Å². The minimum atomic E-state index is -4.60. The van der Waals surface area contributed by atoms with E-state index in [1.165, 1.54) is 23.1 Å². The third kappa shape index (κ3) is 4.76. The fourth-order valence-corrected chi connectivity index (χ4v) is 3.21. The van der Waals surface area contributed by atoms with Crippen LogP contribution < -0.4 is 5.32 Å². The molecule has 1 aliphatic rings. The number of alkyl halides is 3. The smallest absolute Gasteiger partial charge is 0.338 e. The maximum Gasteiger partial charge on any atom is 0.417 e. The van der Waals surface area contributed by atoms with Crippen LogP contribution in [0.5, 0.6) is 0 Å². The third-order valence-corrected chi connectivity index (χ3v) is 4.87. The standard InChI is InChI=1S/C19H21F3N4O3/c1-12-11-16(29-24-12)23-17(27)13(2)25-7-9-26(10-8-25)18(28)14-5-3-4-6-15(14)19(20,21)22/h3-6,11,13H,7-10H2,1-2H3,(H,23,27). The fourth-order valence-electron chi connectivity index (χ4n) is 3.21. The summed E-state index contributed by atoms with van der Waals surface area (Å²) in [6.45, 7) is 4.63. The summed E-state index contributed by atoms with van der Waals surface area (Å²) in [6, 6.07) is 5.86. The van der Waals surface area contributed by atoms with Crippen LogP contribution in [0.4, 0.5) is 19.1 Å². The van der Waals surface area contributed by atoms with Crippen LogP contribution in [0, 0.1) is 6.92 Å². The zero-order valence-corrected chi connectivity index (χ0v) is 16.0. The Hall–Kier alpha value is -2.88. The molecule has 1 aliphatic heterocycles. The van der Waals surface area contributed by atoms with E-state index in [-0.39, 0.29) is 30.4 Å². The number of carbonyl (C=O) groups is 2.